The number of fused-ring (bicyclic) bond motifs is 1. The van der Waals surface area contributed by atoms with Crippen LogP contribution in [-0.4, -0.2) is 28.8 Å². The molecule has 0 spiro atoms. The SMILES string of the molecule is CC(C)Oc1ccccc1NC(=O)c1cc(Nc2ccc3c(c2)OCO3)ncn1. The minimum absolute atomic E-state index is 0.00962. The smallest absolute Gasteiger partial charge is 0.274 e. The number of aromatic nitrogens is 2. The van der Waals surface area contributed by atoms with E-state index in [1.54, 1.807) is 12.1 Å². The molecule has 0 radical (unpaired) electrons. The Kier molecular flexibility index (Phi) is 5.15. The number of carbonyl (C=O) groups excluding carboxylic acids is 1. The molecule has 0 saturated heterocycles. The zero-order valence-electron chi connectivity index (χ0n) is 16.0. The molecule has 0 unspecified atom stereocenters. The fourth-order valence-electron chi connectivity index (χ4n) is 2.78. The molecule has 3 aromatic rings. The van der Waals surface area contributed by atoms with Crippen molar-refractivity contribution in [3.8, 4) is 17.2 Å². The Morgan fingerprint density at radius 2 is 1.90 bits per heavy atom. The molecular formula is C21H20N4O4. The second-order valence-corrected chi connectivity index (χ2v) is 6.60. The lowest BCUT2D eigenvalue weighted by molar-refractivity contribution is 0.102. The van der Waals surface area contributed by atoms with Crippen LogP contribution in [0.3, 0.4) is 0 Å². The average molecular weight is 392 g/mol. The van der Waals surface area contributed by atoms with Crippen molar-refractivity contribution in [1.82, 2.24) is 9.97 Å². The van der Waals surface area contributed by atoms with Gasteiger partial charge in [-0.25, -0.2) is 9.97 Å². The highest BCUT2D eigenvalue weighted by Gasteiger charge is 2.15. The molecule has 8 heteroatoms. The number of anilines is 3. The zero-order chi connectivity index (χ0) is 20.2. The van der Waals surface area contributed by atoms with Crippen LogP contribution in [0.2, 0.25) is 0 Å². The zero-order valence-corrected chi connectivity index (χ0v) is 16.0. The molecule has 2 N–H and O–H groups in total. The number of nitrogens with one attached hydrogen (secondary N) is 2. The van der Waals surface area contributed by atoms with Crippen LogP contribution in [-0.2, 0) is 0 Å². The van der Waals surface area contributed by atoms with Crippen molar-refractivity contribution >= 4 is 23.1 Å². The van der Waals surface area contributed by atoms with Gasteiger partial charge in [0.15, 0.2) is 11.5 Å². The maximum Gasteiger partial charge on any atom is 0.274 e. The van der Waals surface area contributed by atoms with Crippen molar-refractivity contribution in [3.63, 3.8) is 0 Å². The Hall–Kier alpha value is -3.81. The van der Waals surface area contributed by atoms with Gasteiger partial charge in [-0.05, 0) is 38.1 Å². The van der Waals surface area contributed by atoms with Crippen LogP contribution in [0.1, 0.15) is 24.3 Å². The van der Waals surface area contributed by atoms with Crippen molar-refractivity contribution in [3.05, 3.63) is 60.6 Å². The molecule has 0 saturated carbocycles. The van der Waals surface area contributed by atoms with Gasteiger partial charge < -0.3 is 24.8 Å². The highest BCUT2D eigenvalue weighted by molar-refractivity contribution is 6.04. The van der Waals surface area contributed by atoms with Gasteiger partial charge >= 0.3 is 0 Å². The van der Waals surface area contributed by atoms with Crippen LogP contribution in [0.25, 0.3) is 0 Å². The summed E-state index contributed by atoms with van der Waals surface area (Å²) in [4.78, 5) is 20.9. The molecule has 148 valence electrons. The molecule has 0 fully saturated rings. The first-order valence-corrected chi connectivity index (χ1v) is 9.14. The van der Waals surface area contributed by atoms with Gasteiger partial charge in [-0.15, -0.1) is 0 Å². The molecule has 1 amide bonds. The molecule has 2 heterocycles. The molecule has 2 aromatic carbocycles. The van der Waals surface area contributed by atoms with Crippen molar-refractivity contribution in [1.29, 1.82) is 0 Å². The van der Waals surface area contributed by atoms with Gasteiger partial charge in [0.05, 0.1) is 11.8 Å². The van der Waals surface area contributed by atoms with Gasteiger partial charge in [0.25, 0.3) is 5.91 Å². The van der Waals surface area contributed by atoms with E-state index >= 15 is 0 Å². The van der Waals surface area contributed by atoms with E-state index in [2.05, 4.69) is 20.6 Å². The van der Waals surface area contributed by atoms with Gasteiger partial charge in [0.2, 0.25) is 6.79 Å². The largest absolute Gasteiger partial charge is 0.489 e. The quantitative estimate of drug-likeness (QED) is 0.655. The predicted octanol–water partition coefficient (Wildman–Crippen LogP) is 3.99. The standard InChI is InChI=1S/C21H20N4O4/c1-13(2)29-17-6-4-3-5-15(17)25-21(26)16-10-20(23-11-22-16)24-14-7-8-18-19(9-14)28-12-27-18/h3-11,13H,12H2,1-2H3,(H,25,26)(H,22,23,24). The molecule has 1 aliphatic rings. The lowest BCUT2D eigenvalue weighted by atomic mass is 10.2. The summed E-state index contributed by atoms with van der Waals surface area (Å²) in [5.74, 6) is 2.07. The molecule has 0 aliphatic carbocycles. The average Bonchev–Trinajstić information content (AvgIpc) is 3.17. The summed E-state index contributed by atoms with van der Waals surface area (Å²) < 4.78 is 16.4. The molecule has 8 nitrogen and oxygen atoms in total. The minimum atomic E-state index is -0.360. The van der Waals surface area contributed by atoms with Crippen molar-refractivity contribution < 1.29 is 19.0 Å². The van der Waals surface area contributed by atoms with Gasteiger partial charge in [0.1, 0.15) is 23.6 Å². The van der Waals surface area contributed by atoms with Crippen molar-refractivity contribution in [2.45, 2.75) is 20.0 Å². The molecule has 1 aromatic heterocycles. The number of rotatable bonds is 6. The fraction of sp³-hybridized carbons (Fsp3) is 0.190. The molecule has 4 rings (SSSR count). The number of carbonyl (C=O) groups is 1. The Bertz CT molecular complexity index is 1040. The molecule has 1 aliphatic heterocycles. The third-order valence-electron chi connectivity index (χ3n) is 4.04. The van der Waals surface area contributed by atoms with Gasteiger partial charge in [-0.2, -0.15) is 0 Å². The number of nitrogens with zero attached hydrogens (tertiary/aromatic N) is 2. The third kappa shape index (κ3) is 4.37. The summed E-state index contributed by atoms with van der Waals surface area (Å²) in [6.07, 6.45) is 1.32. The lowest BCUT2D eigenvalue weighted by Gasteiger charge is -2.14. The van der Waals surface area contributed by atoms with Gasteiger partial charge in [-0.3, -0.25) is 4.79 Å². The Labute approximate surface area is 167 Å². The molecule has 0 atom stereocenters. The van der Waals surface area contributed by atoms with E-state index in [1.165, 1.54) is 6.33 Å². The van der Waals surface area contributed by atoms with Crippen LogP contribution >= 0.6 is 0 Å². The first-order valence-electron chi connectivity index (χ1n) is 9.14. The van der Waals surface area contributed by atoms with Gasteiger partial charge in [0, 0.05) is 17.8 Å². The van der Waals surface area contributed by atoms with E-state index in [-0.39, 0.29) is 24.5 Å². The van der Waals surface area contributed by atoms with Crippen molar-refractivity contribution in [2.24, 2.45) is 0 Å². The monoisotopic (exact) mass is 392 g/mol. The Balaban J connectivity index is 1.49. The first kappa shape index (κ1) is 18.5. The highest BCUT2D eigenvalue weighted by atomic mass is 16.7. The summed E-state index contributed by atoms with van der Waals surface area (Å²) in [5, 5.41) is 5.98. The van der Waals surface area contributed by atoms with Crippen LogP contribution in [0.4, 0.5) is 17.2 Å². The lowest BCUT2D eigenvalue weighted by Crippen LogP contribution is -2.16. The van der Waals surface area contributed by atoms with Crippen LogP contribution in [0, 0.1) is 0 Å². The normalized spacial score (nSPS) is 12.0. The number of hydrogen-bond donors (Lipinski definition) is 2. The van der Waals surface area contributed by atoms with E-state index in [4.69, 9.17) is 14.2 Å². The summed E-state index contributed by atoms with van der Waals surface area (Å²) in [7, 11) is 0. The van der Waals surface area contributed by atoms with Crippen LogP contribution < -0.4 is 24.8 Å². The first-order chi connectivity index (χ1) is 14.1. The second-order valence-electron chi connectivity index (χ2n) is 6.60. The van der Waals surface area contributed by atoms with E-state index in [0.717, 1.165) is 5.69 Å². The maximum absolute atomic E-state index is 12.7. The second kappa shape index (κ2) is 8.05. The molecular weight excluding hydrogens is 372 g/mol. The number of ether oxygens (including phenoxy) is 3. The van der Waals surface area contributed by atoms with E-state index < -0.39 is 0 Å². The number of para-hydroxylation sites is 2. The fourth-order valence-corrected chi connectivity index (χ4v) is 2.78. The summed E-state index contributed by atoms with van der Waals surface area (Å²) in [6.45, 7) is 4.06. The van der Waals surface area contributed by atoms with E-state index in [1.807, 2.05) is 50.2 Å². The van der Waals surface area contributed by atoms with E-state index in [9.17, 15) is 4.79 Å². The Morgan fingerprint density at radius 1 is 1.07 bits per heavy atom. The summed E-state index contributed by atoms with van der Waals surface area (Å²) >= 11 is 0. The number of benzene rings is 2. The number of hydrogen-bond acceptors (Lipinski definition) is 7. The highest BCUT2D eigenvalue weighted by Crippen LogP contribution is 2.35. The third-order valence-corrected chi connectivity index (χ3v) is 4.04. The van der Waals surface area contributed by atoms with Crippen LogP contribution in [0.5, 0.6) is 17.2 Å². The van der Waals surface area contributed by atoms with Crippen molar-refractivity contribution in [2.75, 3.05) is 17.4 Å². The maximum atomic E-state index is 12.7. The summed E-state index contributed by atoms with van der Waals surface area (Å²) in [5.41, 5.74) is 1.56. The predicted molar refractivity (Wildman–Crippen MR) is 108 cm³/mol. The minimum Gasteiger partial charge on any atom is -0.489 e. The topological polar surface area (TPSA) is 94.6 Å². The molecule has 29 heavy (non-hydrogen) atoms. The van der Waals surface area contributed by atoms with E-state index in [0.29, 0.717) is 28.8 Å². The number of amides is 1. The Morgan fingerprint density at radius 3 is 2.76 bits per heavy atom. The van der Waals surface area contributed by atoms with Gasteiger partial charge in [-0.1, -0.05) is 12.1 Å². The van der Waals surface area contributed by atoms with Crippen LogP contribution in [0.15, 0.2) is 54.9 Å². The molecule has 0 bridgehead atoms. The summed E-state index contributed by atoms with van der Waals surface area (Å²) in [6, 6.07) is 14.3.